The van der Waals surface area contributed by atoms with Gasteiger partial charge in [-0.25, -0.2) is 9.97 Å². The van der Waals surface area contributed by atoms with Gasteiger partial charge in [-0.3, -0.25) is 0 Å². The van der Waals surface area contributed by atoms with Gasteiger partial charge in [0.2, 0.25) is 0 Å². The van der Waals surface area contributed by atoms with E-state index in [1.54, 1.807) is 6.07 Å². The van der Waals surface area contributed by atoms with E-state index in [9.17, 15) is 0 Å². The van der Waals surface area contributed by atoms with Crippen molar-refractivity contribution in [2.24, 2.45) is 0 Å². The van der Waals surface area contributed by atoms with Gasteiger partial charge in [-0.15, -0.1) is 0 Å². The molecule has 0 aliphatic rings. The van der Waals surface area contributed by atoms with Crippen LogP contribution in [0.25, 0.3) is 11.3 Å². The highest BCUT2D eigenvalue weighted by molar-refractivity contribution is 9.10. The minimum atomic E-state index is 0.117. The van der Waals surface area contributed by atoms with Gasteiger partial charge in [0.15, 0.2) is 0 Å². The topological polar surface area (TPSA) is 61.6 Å². The molecule has 3 aromatic rings. The van der Waals surface area contributed by atoms with Gasteiger partial charge in [-0.1, -0.05) is 40.2 Å². The van der Waals surface area contributed by atoms with Crippen molar-refractivity contribution in [3.63, 3.8) is 0 Å². The highest BCUT2D eigenvalue weighted by atomic mass is 79.9. The number of anilines is 1. The molecule has 0 aliphatic heterocycles. The van der Waals surface area contributed by atoms with E-state index in [2.05, 4.69) is 56.3 Å². The average molecular weight is 379 g/mol. The Bertz CT molecular complexity index is 884. The predicted octanol–water partition coefficient (Wildman–Crippen LogP) is 4.95. The van der Waals surface area contributed by atoms with Gasteiger partial charge in [0, 0.05) is 22.1 Å². The monoisotopic (exact) mass is 378 g/mol. The number of hydrogen-bond donors (Lipinski definition) is 1. The van der Waals surface area contributed by atoms with Crippen LogP contribution in [0.15, 0.2) is 65.4 Å². The lowest BCUT2D eigenvalue weighted by atomic mass is 10.1. The molecule has 3 rings (SSSR count). The number of nitrogens with zero attached hydrogens (tertiary/aromatic N) is 3. The van der Waals surface area contributed by atoms with E-state index in [-0.39, 0.29) is 6.04 Å². The zero-order valence-corrected chi connectivity index (χ0v) is 14.7. The largest absolute Gasteiger partial charge is 0.363 e. The van der Waals surface area contributed by atoms with Crippen LogP contribution in [0.5, 0.6) is 0 Å². The molecule has 0 bridgehead atoms. The van der Waals surface area contributed by atoms with Crippen LogP contribution in [0.2, 0.25) is 0 Å². The maximum atomic E-state index is 9.03. The first-order valence-electron chi connectivity index (χ1n) is 7.50. The molecule has 0 spiro atoms. The van der Waals surface area contributed by atoms with Crippen molar-refractivity contribution in [2.75, 3.05) is 5.32 Å². The Morgan fingerprint density at radius 2 is 1.88 bits per heavy atom. The second-order valence-corrected chi connectivity index (χ2v) is 6.31. The summed E-state index contributed by atoms with van der Waals surface area (Å²) in [5.74, 6) is 0.748. The van der Waals surface area contributed by atoms with E-state index in [0.717, 1.165) is 21.5 Å². The molecule has 1 heterocycles. The van der Waals surface area contributed by atoms with Crippen molar-refractivity contribution >= 4 is 21.7 Å². The molecule has 0 amide bonds. The third kappa shape index (κ3) is 3.79. The quantitative estimate of drug-likeness (QED) is 0.697. The molecule has 0 aliphatic carbocycles. The molecule has 24 heavy (non-hydrogen) atoms. The summed E-state index contributed by atoms with van der Waals surface area (Å²) >= 11 is 3.44. The first-order chi connectivity index (χ1) is 11.7. The van der Waals surface area contributed by atoms with Crippen LogP contribution in [0.3, 0.4) is 0 Å². The second-order valence-electron chi connectivity index (χ2n) is 5.40. The molecular formula is C19H15BrN4. The molecule has 2 aromatic carbocycles. The number of rotatable bonds is 4. The lowest BCUT2D eigenvalue weighted by Crippen LogP contribution is -2.08. The van der Waals surface area contributed by atoms with Crippen LogP contribution in [-0.2, 0) is 0 Å². The Morgan fingerprint density at radius 3 is 2.62 bits per heavy atom. The summed E-state index contributed by atoms with van der Waals surface area (Å²) < 4.78 is 1.06. The number of nitrogens with one attached hydrogen (secondary N) is 1. The lowest BCUT2D eigenvalue weighted by molar-refractivity contribution is 0.872. The van der Waals surface area contributed by atoms with Crippen LogP contribution in [0.4, 0.5) is 5.82 Å². The standard InChI is InChI=1S/C19H15BrN4/c1-13(15-5-7-17(20)8-6-15)24-19-10-18(22-12-23-19)16-4-2-3-14(9-16)11-21/h2-10,12-13H,1H3,(H,22,23,24). The van der Waals surface area contributed by atoms with Gasteiger partial charge >= 0.3 is 0 Å². The van der Waals surface area contributed by atoms with Crippen molar-refractivity contribution < 1.29 is 0 Å². The van der Waals surface area contributed by atoms with Crippen molar-refractivity contribution in [3.05, 3.63) is 76.5 Å². The first kappa shape index (κ1) is 16.2. The Morgan fingerprint density at radius 1 is 1.08 bits per heavy atom. The van der Waals surface area contributed by atoms with Gasteiger partial charge in [-0.05, 0) is 36.8 Å². The van der Waals surface area contributed by atoms with Crippen molar-refractivity contribution in [2.45, 2.75) is 13.0 Å². The summed E-state index contributed by atoms with van der Waals surface area (Å²) in [7, 11) is 0. The molecule has 1 atom stereocenters. The van der Waals surface area contributed by atoms with Gasteiger partial charge in [0.05, 0.1) is 17.3 Å². The predicted molar refractivity (Wildman–Crippen MR) is 98.4 cm³/mol. The maximum Gasteiger partial charge on any atom is 0.130 e. The van der Waals surface area contributed by atoms with E-state index in [0.29, 0.717) is 5.56 Å². The van der Waals surface area contributed by atoms with Gasteiger partial charge < -0.3 is 5.32 Å². The zero-order chi connectivity index (χ0) is 16.9. The Hall–Kier alpha value is -2.71. The zero-order valence-electron chi connectivity index (χ0n) is 13.1. The molecule has 4 nitrogen and oxygen atoms in total. The molecule has 1 unspecified atom stereocenters. The molecule has 1 N–H and O–H groups in total. The van der Waals surface area contributed by atoms with Gasteiger partial charge in [0.25, 0.3) is 0 Å². The van der Waals surface area contributed by atoms with E-state index in [4.69, 9.17) is 5.26 Å². The first-order valence-corrected chi connectivity index (χ1v) is 8.29. The second kappa shape index (κ2) is 7.24. The van der Waals surface area contributed by atoms with E-state index in [1.807, 2.05) is 36.4 Å². The van der Waals surface area contributed by atoms with Crippen LogP contribution in [0, 0.1) is 11.3 Å². The van der Waals surface area contributed by atoms with Crippen LogP contribution >= 0.6 is 15.9 Å². The number of hydrogen-bond acceptors (Lipinski definition) is 4. The SMILES string of the molecule is CC(Nc1cc(-c2cccc(C#N)c2)ncn1)c1ccc(Br)cc1. The number of benzene rings is 2. The molecular weight excluding hydrogens is 364 g/mol. The maximum absolute atomic E-state index is 9.03. The van der Waals surface area contributed by atoms with Crippen molar-refractivity contribution in [1.82, 2.24) is 9.97 Å². The van der Waals surface area contributed by atoms with Gasteiger partial charge in [-0.2, -0.15) is 5.26 Å². The highest BCUT2D eigenvalue weighted by Gasteiger charge is 2.08. The van der Waals surface area contributed by atoms with E-state index in [1.165, 1.54) is 11.9 Å². The van der Waals surface area contributed by atoms with Gasteiger partial charge in [0.1, 0.15) is 12.1 Å². The molecule has 5 heteroatoms. The van der Waals surface area contributed by atoms with E-state index < -0.39 is 0 Å². The Kier molecular flexibility index (Phi) is 4.88. The number of nitriles is 1. The molecule has 0 saturated carbocycles. The van der Waals surface area contributed by atoms with E-state index >= 15 is 0 Å². The fraction of sp³-hybridized carbons (Fsp3) is 0.105. The highest BCUT2D eigenvalue weighted by Crippen LogP contribution is 2.23. The van der Waals surface area contributed by atoms with Crippen molar-refractivity contribution in [3.8, 4) is 17.3 Å². The third-order valence-corrected chi connectivity index (χ3v) is 4.22. The number of halogens is 1. The minimum absolute atomic E-state index is 0.117. The normalized spacial score (nSPS) is 11.5. The minimum Gasteiger partial charge on any atom is -0.363 e. The van der Waals surface area contributed by atoms with Crippen molar-refractivity contribution in [1.29, 1.82) is 5.26 Å². The fourth-order valence-electron chi connectivity index (χ4n) is 2.40. The summed E-state index contributed by atoms with van der Waals surface area (Å²) in [6.07, 6.45) is 1.53. The molecule has 0 radical (unpaired) electrons. The Labute approximate surface area is 149 Å². The number of aromatic nitrogens is 2. The molecule has 0 fully saturated rings. The molecule has 0 saturated heterocycles. The molecule has 1 aromatic heterocycles. The van der Waals surface area contributed by atoms with Crippen LogP contribution in [-0.4, -0.2) is 9.97 Å². The van der Waals surface area contributed by atoms with Crippen LogP contribution < -0.4 is 5.32 Å². The summed E-state index contributed by atoms with van der Waals surface area (Å²) in [6.45, 7) is 2.08. The third-order valence-electron chi connectivity index (χ3n) is 3.69. The summed E-state index contributed by atoms with van der Waals surface area (Å²) in [6, 6.07) is 19.7. The Balaban J connectivity index is 1.82. The summed E-state index contributed by atoms with van der Waals surface area (Å²) in [5.41, 5.74) is 3.47. The summed E-state index contributed by atoms with van der Waals surface area (Å²) in [4.78, 5) is 8.60. The van der Waals surface area contributed by atoms with Crippen LogP contribution in [0.1, 0.15) is 24.1 Å². The lowest BCUT2D eigenvalue weighted by Gasteiger charge is -2.15. The molecule has 118 valence electrons. The summed E-state index contributed by atoms with van der Waals surface area (Å²) in [5, 5.41) is 12.4. The average Bonchev–Trinajstić information content (AvgIpc) is 2.62. The fourth-order valence-corrected chi connectivity index (χ4v) is 2.66. The smallest absolute Gasteiger partial charge is 0.130 e.